The van der Waals surface area contributed by atoms with Crippen LogP contribution in [0.3, 0.4) is 0 Å². The van der Waals surface area contributed by atoms with E-state index in [9.17, 15) is 9.90 Å². The van der Waals surface area contributed by atoms with Crippen LogP contribution in [0.15, 0.2) is 30.3 Å². The topological polar surface area (TPSA) is 58.6 Å². The molecule has 0 aromatic heterocycles. The highest BCUT2D eigenvalue weighted by Gasteiger charge is 2.33. The lowest BCUT2D eigenvalue weighted by Crippen LogP contribution is -2.54. The van der Waals surface area contributed by atoms with Gasteiger partial charge in [-0.05, 0) is 31.2 Å². The van der Waals surface area contributed by atoms with Crippen molar-refractivity contribution in [2.75, 3.05) is 19.8 Å². The summed E-state index contributed by atoms with van der Waals surface area (Å²) in [5.74, 6) is 0.0249. The summed E-state index contributed by atoms with van der Waals surface area (Å²) in [7, 11) is 0. The van der Waals surface area contributed by atoms with E-state index < -0.39 is 5.54 Å². The molecule has 0 aliphatic carbocycles. The Kier molecular flexibility index (Phi) is 5.56. The molecule has 0 unspecified atom stereocenters. The van der Waals surface area contributed by atoms with Gasteiger partial charge >= 0.3 is 0 Å². The van der Waals surface area contributed by atoms with Crippen molar-refractivity contribution in [1.29, 1.82) is 0 Å². The monoisotopic (exact) mass is 277 g/mol. The van der Waals surface area contributed by atoms with Crippen molar-refractivity contribution in [3.63, 3.8) is 0 Å². The van der Waals surface area contributed by atoms with Crippen molar-refractivity contribution in [3.05, 3.63) is 35.9 Å². The number of ether oxygens (including phenoxy) is 1. The number of aliphatic hydroxyl groups excluding tert-OH is 1. The third kappa shape index (κ3) is 4.32. The highest BCUT2D eigenvalue weighted by atomic mass is 16.5. The highest BCUT2D eigenvalue weighted by Crippen LogP contribution is 2.20. The van der Waals surface area contributed by atoms with Crippen LogP contribution in [0.5, 0.6) is 0 Å². The number of aryl methyl sites for hydroxylation is 1. The minimum absolute atomic E-state index is 0.0131. The summed E-state index contributed by atoms with van der Waals surface area (Å²) in [6, 6.07) is 10.2. The molecule has 2 N–H and O–H groups in total. The predicted octanol–water partition coefficient (Wildman–Crippen LogP) is 1.67. The Balaban J connectivity index is 1.74. The van der Waals surface area contributed by atoms with Gasteiger partial charge < -0.3 is 15.2 Å². The lowest BCUT2D eigenvalue weighted by atomic mass is 9.90. The summed E-state index contributed by atoms with van der Waals surface area (Å²) < 4.78 is 5.28. The molecule has 0 atom stereocenters. The first-order valence-corrected chi connectivity index (χ1v) is 7.28. The van der Waals surface area contributed by atoms with E-state index in [4.69, 9.17) is 4.74 Å². The van der Waals surface area contributed by atoms with Crippen LogP contribution < -0.4 is 5.32 Å². The molecular formula is C16H23NO3. The van der Waals surface area contributed by atoms with Crippen molar-refractivity contribution in [2.24, 2.45) is 0 Å². The Morgan fingerprint density at radius 1 is 1.25 bits per heavy atom. The maximum absolute atomic E-state index is 12.0. The normalized spacial score (nSPS) is 17.6. The number of rotatable bonds is 6. The molecule has 20 heavy (non-hydrogen) atoms. The van der Waals surface area contributed by atoms with Crippen molar-refractivity contribution in [3.8, 4) is 0 Å². The third-order valence-corrected chi connectivity index (χ3v) is 3.87. The average Bonchev–Trinajstić information content (AvgIpc) is 2.49. The number of hydrogen-bond donors (Lipinski definition) is 2. The van der Waals surface area contributed by atoms with Crippen LogP contribution in [-0.4, -0.2) is 36.4 Å². The van der Waals surface area contributed by atoms with Crippen molar-refractivity contribution in [1.82, 2.24) is 5.32 Å². The summed E-state index contributed by atoms with van der Waals surface area (Å²) >= 11 is 0. The maximum Gasteiger partial charge on any atom is 0.220 e. The van der Waals surface area contributed by atoms with Gasteiger partial charge in [-0.25, -0.2) is 0 Å². The molecule has 1 aromatic carbocycles. The number of carbonyl (C=O) groups is 1. The van der Waals surface area contributed by atoms with Crippen molar-refractivity contribution >= 4 is 5.91 Å². The second-order valence-corrected chi connectivity index (χ2v) is 5.44. The molecule has 110 valence electrons. The van der Waals surface area contributed by atoms with Gasteiger partial charge in [0.25, 0.3) is 0 Å². The molecule has 1 heterocycles. The molecule has 4 heteroatoms. The Labute approximate surface area is 120 Å². The van der Waals surface area contributed by atoms with Crippen molar-refractivity contribution < 1.29 is 14.6 Å². The molecule has 4 nitrogen and oxygen atoms in total. The molecule has 2 rings (SSSR count). The molecule has 1 saturated heterocycles. The zero-order valence-electron chi connectivity index (χ0n) is 11.8. The van der Waals surface area contributed by atoms with Gasteiger partial charge in [-0.15, -0.1) is 0 Å². The highest BCUT2D eigenvalue weighted by molar-refractivity contribution is 5.76. The van der Waals surface area contributed by atoms with Crippen LogP contribution in [0.2, 0.25) is 0 Å². The lowest BCUT2D eigenvalue weighted by molar-refractivity contribution is -0.125. The van der Waals surface area contributed by atoms with Gasteiger partial charge in [0.05, 0.1) is 12.1 Å². The molecule has 1 aliphatic heterocycles. The Hall–Kier alpha value is -1.39. The number of benzene rings is 1. The van der Waals surface area contributed by atoms with Gasteiger partial charge in [0.15, 0.2) is 0 Å². The summed E-state index contributed by atoms with van der Waals surface area (Å²) in [4.78, 5) is 12.0. The largest absolute Gasteiger partial charge is 0.394 e. The molecule has 0 bridgehead atoms. The minimum Gasteiger partial charge on any atom is -0.394 e. The number of hydrogen-bond acceptors (Lipinski definition) is 3. The first-order valence-electron chi connectivity index (χ1n) is 7.28. The Morgan fingerprint density at radius 2 is 1.95 bits per heavy atom. The fourth-order valence-electron chi connectivity index (χ4n) is 2.54. The molecular weight excluding hydrogens is 254 g/mol. The van der Waals surface area contributed by atoms with Gasteiger partial charge in [-0.1, -0.05) is 30.3 Å². The van der Waals surface area contributed by atoms with Gasteiger partial charge in [0, 0.05) is 19.6 Å². The molecule has 0 spiro atoms. The second-order valence-electron chi connectivity index (χ2n) is 5.44. The molecule has 0 radical (unpaired) electrons. The Morgan fingerprint density at radius 3 is 2.60 bits per heavy atom. The smallest absolute Gasteiger partial charge is 0.220 e. The Bertz CT molecular complexity index is 413. The molecule has 1 amide bonds. The van der Waals surface area contributed by atoms with E-state index in [1.54, 1.807) is 0 Å². The molecule has 0 saturated carbocycles. The van der Waals surface area contributed by atoms with E-state index in [2.05, 4.69) is 17.4 Å². The van der Waals surface area contributed by atoms with Crippen LogP contribution in [-0.2, 0) is 16.0 Å². The van der Waals surface area contributed by atoms with E-state index in [-0.39, 0.29) is 12.5 Å². The van der Waals surface area contributed by atoms with E-state index >= 15 is 0 Å². The number of amides is 1. The van der Waals surface area contributed by atoms with Gasteiger partial charge in [0.1, 0.15) is 0 Å². The summed E-state index contributed by atoms with van der Waals surface area (Å²) in [6.07, 6.45) is 3.61. The minimum atomic E-state index is -0.470. The number of nitrogens with one attached hydrogen (secondary N) is 1. The van der Waals surface area contributed by atoms with Crippen LogP contribution in [0.4, 0.5) is 0 Å². The van der Waals surface area contributed by atoms with Gasteiger partial charge in [-0.3, -0.25) is 4.79 Å². The lowest BCUT2D eigenvalue weighted by Gasteiger charge is -2.36. The van der Waals surface area contributed by atoms with E-state index in [1.807, 2.05) is 18.2 Å². The van der Waals surface area contributed by atoms with E-state index in [0.29, 0.717) is 32.5 Å². The first kappa shape index (κ1) is 15.0. The molecule has 1 aliphatic rings. The zero-order chi connectivity index (χ0) is 14.3. The quantitative estimate of drug-likeness (QED) is 0.831. The van der Waals surface area contributed by atoms with Crippen LogP contribution in [0.1, 0.15) is 31.2 Å². The van der Waals surface area contributed by atoms with Crippen molar-refractivity contribution in [2.45, 2.75) is 37.6 Å². The molecule has 1 aromatic rings. The number of aliphatic hydroxyl groups is 1. The predicted molar refractivity (Wildman–Crippen MR) is 77.4 cm³/mol. The van der Waals surface area contributed by atoms with Crippen LogP contribution >= 0.6 is 0 Å². The SMILES string of the molecule is O=C(CCCc1ccccc1)NC1(CO)CCOCC1. The fraction of sp³-hybridized carbons (Fsp3) is 0.562. The van der Waals surface area contributed by atoms with Gasteiger partial charge in [-0.2, -0.15) is 0 Å². The second kappa shape index (κ2) is 7.41. The van der Waals surface area contributed by atoms with E-state index in [0.717, 1.165) is 12.8 Å². The summed E-state index contributed by atoms with van der Waals surface area (Å²) in [6.45, 7) is 1.19. The van der Waals surface area contributed by atoms with Crippen LogP contribution in [0, 0.1) is 0 Å². The fourth-order valence-corrected chi connectivity index (χ4v) is 2.54. The maximum atomic E-state index is 12.0. The van der Waals surface area contributed by atoms with Gasteiger partial charge in [0.2, 0.25) is 5.91 Å². The first-order chi connectivity index (χ1) is 9.74. The summed E-state index contributed by atoms with van der Waals surface area (Å²) in [5.41, 5.74) is 0.783. The zero-order valence-corrected chi connectivity index (χ0v) is 11.8. The van der Waals surface area contributed by atoms with Crippen LogP contribution in [0.25, 0.3) is 0 Å². The summed E-state index contributed by atoms with van der Waals surface area (Å²) in [5, 5.41) is 12.5. The van der Waals surface area contributed by atoms with E-state index in [1.165, 1.54) is 5.56 Å². The number of carbonyl (C=O) groups excluding carboxylic acids is 1. The average molecular weight is 277 g/mol. The molecule has 1 fully saturated rings. The standard InChI is InChI=1S/C16H23NO3/c18-13-16(9-11-20-12-10-16)17-15(19)8-4-7-14-5-2-1-3-6-14/h1-3,5-6,18H,4,7-13H2,(H,17,19). The third-order valence-electron chi connectivity index (χ3n) is 3.87.